The minimum Gasteiger partial charge on any atom is -0.457 e. The maximum absolute atomic E-state index is 12.5. The summed E-state index contributed by atoms with van der Waals surface area (Å²) in [7, 11) is 0. The molecule has 3 rings (SSSR count). The number of benzene rings is 3. The first kappa shape index (κ1) is 23.6. The van der Waals surface area contributed by atoms with E-state index in [1.807, 2.05) is 6.07 Å². The van der Waals surface area contributed by atoms with Crippen LogP contribution in [0.25, 0.3) is 0 Å². The molecule has 0 aromatic heterocycles. The Hall–Kier alpha value is -5.02. The third-order valence-corrected chi connectivity index (χ3v) is 4.96. The highest BCUT2D eigenvalue weighted by Gasteiger charge is 2.20. The molecule has 9 heteroatoms. The summed E-state index contributed by atoms with van der Waals surface area (Å²) in [5.74, 6) is -1.27. The van der Waals surface area contributed by atoms with Gasteiger partial charge in [0.15, 0.2) is 0 Å². The van der Waals surface area contributed by atoms with Crippen molar-refractivity contribution in [2.75, 3.05) is 5.32 Å². The van der Waals surface area contributed by atoms with Gasteiger partial charge in [-0.15, -0.1) is 0 Å². The number of hydrogen-bond donors (Lipinski definition) is 1. The van der Waals surface area contributed by atoms with Crippen molar-refractivity contribution in [3.63, 3.8) is 0 Å². The molecule has 0 radical (unpaired) electrons. The molecule has 0 saturated carbocycles. The lowest BCUT2D eigenvalue weighted by atomic mass is 10.0. The van der Waals surface area contributed by atoms with Crippen molar-refractivity contribution in [2.45, 2.75) is 19.4 Å². The van der Waals surface area contributed by atoms with Crippen LogP contribution in [-0.4, -0.2) is 16.8 Å². The van der Waals surface area contributed by atoms with E-state index in [4.69, 9.17) is 15.3 Å². The number of ether oxygens (including phenoxy) is 1. The lowest BCUT2D eigenvalue weighted by molar-refractivity contribution is -0.383. The van der Waals surface area contributed by atoms with Crippen molar-refractivity contribution in [1.82, 2.24) is 0 Å². The lowest BCUT2D eigenvalue weighted by Gasteiger charge is -2.10. The maximum Gasteiger partial charge on any atom is 0.338 e. The highest BCUT2D eigenvalue weighted by Crippen LogP contribution is 2.26. The van der Waals surface area contributed by atoms with Crippen molar-refractivity contribution in [3.05, 3.63) is 105 Å². The van der Waals surface area contributed by atoms with E-state index in [-0.39, 0.29) is 36.4 Å². The second-order valence-corrected chi connectivity index (χ2v) is 7.15. The second kappa shape index (κ2) is 11.0. The summed E-state index contributed by atoms with van der Waals surface area (Å²) in [5, 5.41) is 32.2. The highest BCUT2D eigenvalue weighted by atomic mass is 16.6. The second-order valence-electron chi connectivity index (χ2n) is 7.15. The Morgan fingerprint density at radius 1 is 0.941 bits per heavy atom. The van der Waals surface area contributed by atoms with Crippen molar-refractivity contribution in [3.8, 4) is 12.1 Å². The summed E-state index contributed by atoms with van der Waals surface area (Å²) >= 11 is 0. The molecule has 1 amide bonds. The van der Waals surface area contributed by atoms with E-state index in [9.17, 15) is 19.7 Å². The third kappa shape index (κ3) is 5.81. The van der Waals surface area contributed by atoms with Gasteiger partial charge in [-0.25, -0.2) is 4.79 Å². The molecule has 0 bridgehead atoms. The number of nitro benzene ring substituents is 1. The van der Waals surface area contributed by atoms with Gasteiger partial charge < -0.3 is 10.1 Å². The maximum atomic E-state index is 12.5. The summed E-state index contributed by atoms with van der Waals surface area (Å²) < 4.78 is 5.24. The molecular formula is C25H18N4O5. The van der Waals surface area contributed by atoms with Gasteiger partial charge in [0.25, 0.3) is 5.69 Å². The van der Waals surface area contributed by atoms with E-state index in [1.165, 1.54) is 12.1 Å². The molecule has 0 aliphatic rings. The fraction of sp³-hybridized carbons (Fsp3) is 0.120. The number of aryl methyl sites for hydroxylation is 1. The quantitative estimate of drug-likeness (QED) is 0.304. The molecule has 0 atom stereocenters. The van der Waals surface area contributed by atoms with Crippen LogP contribution >= 0.6 is 0 Å². The Balaban J connectivity index is 1.72. The van der Waals surface area contributed by atoms with Gasteiger partial charge in [-0.3, -0.25) is 14.9 Å². The van der Waals surface area contributed by atoms with Crippen molar-refractivity contribution in [1.29, 1.82) is 10.5 Å². The summed E-state index contributed by atoms with van der Waals surface area (Å²) in [5.41, 5.74) is 1.50. The van der Waals surface area contributed by atoms with Gasteiger partial charge in [0.05, 0.1) is 33.8 Å². The molecule has 0 heterocycles. The zero-order valence-electron chi connectivity index (χ0n) is 17.9. The molecule has 9 nitrogen and oxygen atoms in total. The zero-order chi connectivity index (χ0) is 24.5. The van der Waals surface area contributed by atoms with E-state index in [2.05, 4.69) is 11.4 Å². The van der Waals surface area contributed by atoms with Crippen LogP contribution in [0.2, 0.25) is 0 Å². The number of nitrogens with zero attached hydrogens (tertiary/aromatic N) is 3. The Bertz CT molecular complexity index is 1340. The molecule has 0 aliphatic heterocycles. The Morgan fingerprint density at radius 2 is 1.56 bits per heavy atom. The van der Waals surface area contributed by atoms with Crippen LogP contribution < -0.4 is 5.32 Å². The smallest absolute Gasteiger partial charge is 0.338 e. The minimum atomic E-state index is -0.763. The number of hydrogen-bond acceptors (Lipinski definition) is 7. The molecule has 0 unspecified atom stereocenters. The van der Waals surface area contributed by atoms with Gasteiger partial charge in [-0.1, -0.05) is 36.4 Å². The molecule has 0 aliphatic carbocycles. The minimum absolute atomic E-state index is 0.00478. The average Bonchev–Trinajstić information content (AvgIpc) is 2.86. The summed E-state index contributed by atoms with van der Waals surface area (Å²) in [6, 6.07) is 21.1. The normalized spacial score (nSPS) is 9.94. The number of nitriles is 2. The topological polar surface area (TPSA) is 146 Å². The number of carbonyl (C=O) groups is 2. The third-order valence-electron chi connectivity index (χ3n) is 4.96. The molecule has 0 fully saturated rings. The van der Waals surface area contributed by atoms with E-state index < -0.39 is 16.8 Å². The summed E-state index contributed by atoms with van der Waals surface area (Å²) in [6.45, 7) is -0.153. The van der Waals surface area contributed by atoms with Crippen molar-refractivity contribution >= 4 is 23.3 Å². The Labute approximate surface area is 195 Å². The summed E-state index contributed by atoms with van der Waals surface area (Å²) in [6.07, 6.45) is 0.249. The molecule has 3 aromatic rings. The van der Waals surface area contributed by atoms with Crippen LogP contribution in [0, 0.1) is 32.8 Å². The first-order chi connectivity index (χ1) is 16.4. The predicted octanol–water partition coefficient (Wildman–Crippen LogP) is 4.27. The first-order valence-electron chi connectivity index (χ1n) is 10.1. The van der Waals surface area contributed by atoms with Crippen LogP contribution in [0.3, 0.4) is 0 Å². The first-order valence-corrected chi connectivity index (χ1v) is 10.1. The van der Waals surface area contributed by atoms with E-state index in [0.29, 0.717) is 22.3 Å². The lowest BCUT2D eigenvalue weighted by Crippen LogP contribution is -2.15. The molecule has 3 aromatic carbocycles. The standard InChI is InChI=1S/C25H18N4O5/c26-14-19-6-2-1-5-17(19)10-12-24(30)28-22-13-18(9-11-23(22)29(32)33)25(31)34-16-21-8-4-3-7-20(21)15-27/h1-9,11,13H,10,12,16H2,(H,28,30). The average molecular weight is 454 g/mol. The molecule has 1 N–H and O–H groups in total. The number of esters is 1. The largest absolute Gasteiger partial charge is 0.457 e. The fourth-order valence-corrected chi connectivity index (χ4v) is 3.21. The SMILES string of the molecule is N#Cc1ccccc1CCC(=O)Nc1cc(C(=O)OCc2ccccc2C#N)ccc1[N+](=O)[O-]. The Morgan fingerprint density at radius 3 is 2.21 bits per heavy atom. The van der Waals surface area contributed by atoms with Gasteiger partial charge in [0.2, 0.25) is 5.91 Å². The van der Waals surface area contributed by atoms with E-state index in [0.717, 1.165) is 6.07 Å². The number of anilines is 1. The van der Waals surface area contributed by atoms with Gasteiger partial charge >= 0.3 is 5.97 Å². The fourth-order valence-electron chi connectivity index (χ4n) is 3.21. The molecule has 0 saturated heterocycles. The van der Waals surface area contributed by atoms with Gasteiger partial charge in [-0.05, 0) is 36.2 Å². The van der Waals surface area contributed by atoms with Crippen molar-refractivity contribution in [2.24, 2.45) is 0 Å². The van der Waals surface area contributed by atoms with Crippen LogP contribution in [0.4, 0.5) is 11.4 Å². The van der Waals surface area contributed by atoms with Crippen LogP contribution in [0.15, 0.2) is 66.7 Å². The monoisotopic (exact) mass is 454 g/mol. The van der Waals surface area contributed by atoms with Crippen LogP contribution in [-0.2, 0) is 22.6 Å². The van der Waals surface area contributed by atoms with E-state index >= 15 is 0 Å². The number of amides is 1. The summed E-state index contributed by atoms with van der Waals surface area (Å²) in [4.78, 5) is 35.7. The van der Waals surface area contributed by atoms with Crippen LogP contribution in [0.5, 0.6) is 0 Å². The zero-order valence-corrected chi connectivity index (χ0v) is 17.9. The van der Waals surface area contributed by atoms with E-state index in [1.54, 1.807) is 48.5 Å². The molecular weight excluding hydrogens is 436 g/mol. The molecule has 0 spiro atoms. The predicted molar refractivity (Wildman–Crippen MR) is 121 cm³/mol. The van der Waals surface area contributed by atoms with Crippen molar-refractivity contribution < 1.29 is 19.2 Å². The molecule has 168 valence electrons. The van der Waals surface area contributed by atoms with Gasteiger partial charge in [0.1, 0.15) is 12.3 Å². The molecule has 34 heavy (non-hydrogen) atoms. The number of carbonyl (C=O) groups excluding carboxylic acids is 2. The van der Waals surface area contributed by atoms with Gasteiger partial charge in [-0.2, -0.15) is 10.5 Å². The Kier molecular flexibility index (Phi) is 7.67. The van der Waals surface area contributed by atoms with Crippen LogP contribution in [0.1, 0.15) is 39.0 Å². The van der Waals surface area contributed by atoms with Gasteiger partial charge in [0, 0.05) is 18.1 Å². The number of nitro groups is 1. The number of nitrogens with one attached hydrogen (secondary N) is 1. The highest BCUT2D eigenvalue weighted by molar-refractivity contribution is 5.97. The number of rotatable bonds is 8.